The van der Waals surface area contributed by atoms with E-state index in [0.29, 0.717) is 62.8 Å². The molecule has 1 saturated heterocycles. The Hall–Kier alpha value is -2.26. The molecule has 1 amide bonds. The molecule has 0 aromatic heterocycles. The van der Waals surface area contributed by atoms with Crippen molar-refractivity contribution in [2.24, 2.45) is 0 Å². The van der Waals surface area contributed by atoms with Gasteiger partial charge < -0.3 is 19.1 Å². The predicted molar refractivity (Wildman–Crippen MR) is 103 cm³/mol. The first-order valence-electron chi connectivity index (χ1n) is 9.42. The van der Waals surface area contributed by atoms with Gasteiger partial charge in [-0.15, -0.1) is 0 Å². The molecule has 0 radical (unpaired) electrons. The van der Waals surface area contributed by atoms with Gasteiger partial charge in [0.25, 0.3) is 5.91 Å². The summed E-state index contributed by atoms with van der Waals surface area (Å²) in [5, 5.41) is 0. The van der Waals surface area contributed by atoms with E-state index in [2.05, 4.69) is 16.2 Å². The number of benzene rings is 1. The smallest absolute Gasteiger partial charge is 0.411 e. The molecule has 1 aromatic rings. The van der Waals surface area contributed by atoms with Crippen LogP contribution in [0.4, 0.5) is 13.2 Å². The third-order valence-electron chi connectivity index (χ3n) is 4.46. The average Bonchev–Trinajstić information content (AvgIpc) is 2.71. The molecular formula is C20H27F3N2O4. The van der Waals surface area contributed by atoms with Crippen LogP contribution in [0.1, 0.15) is 16.8 Å². The van der Waals surface area contributed by atoms with Crippen LogP contribution in [-0.4, -0.2) is 81.5 Å². The highest BCUT2D eigenvalue weighted by Crippen LogP contribution is 2.28. The number of carbonyl (C=O) groups excluding carboxylic acids is 1. The van der Waals surface area contributed by atoms with Crippen molar-refractivity contribution in [3.63, 3.8) is 0 Å². The van der Waals surface area contributed by atoms with E-state index >= 15 is 0 Å². The maximum Gasteiger partial charge on any atom is 0.411 e. The maximum absolute atomic E-state index is 12.8. The molecule has 1 heterocycles. The van der Waals surface area contributed by atoms with Crippen LogP contribution in [0, 0.1) is 0 Å². The second kappa shape index (κ2) is 11.1. The Kier molecular flexibility index (Phi) is 8.78. The number of rotatable bonds is 10. The Bertz CT molecular complexity index is 674. The molecule has 1 aromatic carbocycles. The number of hydrogen-bond acceptors (Lipinski definition) is 5. The minimum absolute atomic E-state index is 0.0682. The number of hydrogen-bond donors (Lipinski definition) is 0. The van der Waals surface area contributed by atoms with Crippen LogP contribution in [0.2, 0.25) is 0 Å². The Labute approximate surface area is 168 Å². The highest BCUT2D eigenvalue weighted by Gasteiger charge is 2.27. The summed E-state index contributed by atoms with van der Waals surface area (Å²) in [5.41, 5.74) is 0.516. The summed E-state index contributed by atoms with van der Waals surface area (Å²) in [6, 6.07) is 5.06. The van der Waals surface area contributed by atoms with Crippen molar-refractivity contribution in [2.75, 3.05) is 59.7 Å². The van der Waals surface area contributed by atoms with Crippen LogP contribution in [0.5, 0.6) is 11.5 Å². The molecule has 1 fully saturated rings. The molecule has 2 rings (SSSR count). The first kappa shape index (κ1) is 23.0. The number of ether oxygens (including phenoxy) is 3. The first-order valence-corrected chi connectivity index (χ1v) is 9.42. The Balaban J connectivity index is 1.78. The van der Waals surface area contributed by atoms with Gasteiger partial charge >= 0.3 is 6.18 Å². The molecule has 1 aliphatic rings. The Morgan fingerprint density at radius 2 is 1.93 bits per heavy atom. The van der Waals surface area contributed by atoms with Crippen LogP contribution in [0.25, 0.3) is 0 Å². The number of halogens is 3. The molecule has 0 atom stereocenters. The van der Waals surface area contributed by atoms with Crippen molar-refractivity contribution < 1.29 is 32.2 Å². The molecule has 0 bridgehead atoms. The lowest BCUT2D eigenvalue weighted by Crippen LogP contribution is -2.49. The average molecular weight is 416 g/mol. The molecule has 1 aliphatic heterocycles. The second-order valence-electron chi connectivity index (χ2n) is 6.62. The SMILES string of the molecule is C=CCOc1ccc(C(=O)N2CCN(CCCOCC(F)(F)F)CC2)cc1OC. The monoisotopic (exact) mass is 416 g/mol. The van der Waals surface area contributed by atoms with E-state index in [0.717, 1.165) is 0 Å². The van der Waals surface area contributed by atoms with Gasteiger partial charge in [0.05, 0.1) is 7.11 Å². The molecule has 0 unspecified atom stereocenters. The van der Waals surface area contributed by atoms with Crippen molar-refractivity contribution >= 4 is 5.91 Å². The van der Waals surface area contributed by atoms with Gasteiger partial charge in [0.2, 0.25) is 0 Å². The van der Waals surface area contributed by atoms with E-state index in [1.807, 2.05) is 0 Å². The lowest BCUT2D eigenvalue weighted by atomic mass is 10.1. The minimum Gasteiger partial charge on any atom is -0.493 e. The van der Waals surface area contributed by atoms with Crippen LogP contribution in [0.3, 0.4) is 0 Å². The van der Waals surface area contributed by atoms with Gasteiger partial charge in [-0.25, -0.2) is 0 Å². The normalized spacial score (nSPS) is 15.2. The highest BCUT2D eigenvalue weighted by atomic mass is 19.4. The number of methoxy groups -OCH3 is 1. The fraction of sp³-hybridized carbons (Fsp3) is 0.550. The van der Waals surface area contributed by atoms with Crippen molar-refractivity contribution in [2.45, 2.75) is 12.6 Å². The van der Waals surface area contributed by atoms with E-state index < -0.39 is 12.8 Å². The number of alkyl halides is 3. The summed E-state index contributed by atoms with van der Waals surface area (Å²) in [6.07, 6.45) is -2.14. The van der Waals surface area contributed by atoms with Crippen LogP contribution in [0.15, 0.2) is 30.9 Å². The summed E-state index contributed by atoms with van der Waals surface area (Å²) in [7, 11) is 1.52. The fourth-order valence-corrected chi connectivity index (χ4v) is 3.00. The number of nitrogens with zero attached hydrogens (tertiary/aromatic N) is 2. The second-order valence-corrected chi connectivity index (χ2v) is 6.62. The van der Waals surface area contributed by atoms with E-state index in [1.165, 1.54) is 7.11 Å². The largest absolute Gasteiger partial charge is 0.493 e. The molecule has 0 N–H and O–H groups in total. The van der Waals surface area contributed by atoms with Crippen molar-refractivity contribution in [1.82, 2.24) is 9.80 Å². The van der Waals surface area contributed by atoms with E-state index in [-0.39, 0.29) is 12.5 Å². The standard InChI is InChI=1S/C20H27F3N2O4/c1-3-12-29-17-6-5-16(14-18(17)27-2)19(26)25-10-8-24(9-11-25)7-4-13-28-15-20(21,22)23/h3,5-6,14H,1,4,7-13,15H2,2H3. The Morgan fingerprint density at radius 3 is 2.55 bits per heavy atom. The van der Waals surface area contributed by atoms with Gasteiger partial charge in [0.1, 0.15) is 13.2 Å². The Morgan fingerprint density at radius 1 is 1.21 bits per heavy atom. The fourth-order valence-electron chi connectivity index (χ4n) is 3.00. The number of amides is 1. The zero-order valence-electron chi connectivity index (χ0n) is 16.5. The van der Waals surface area contributed by atoms with Gasteiger partial charge in [0.15, 0.2) is 11.5 Å². The quantitative estimate of drug-likeness (QED) is 0.434. The lowest BCUT2D eigenvalue weighted by Gasteiger charge is -2.34. The minimum atomic E-state index is -4.29. The topological polar surface area (TPSA) is 51.2 Å². The number of carbonyl (C=O) groups is 1. The van der Waals surface area contributed by atoms with Gasteiger partial charge in [-0.05, 0) is 24.6 Å². The van der Waals surface area contributed by atoms with Gasteiger partial charge in [-0.3, -0.25) is 9.69 Å². The van der Waals surface area contributed by atoms with Crippen LogP contribution >= 0.6 is 0 Å². The zero-order valence-corrected chi connectivity index (χ0v) is 16.5. The number of piperazine rings is 1. The van der Waals surface area contributed by atoms with E-state index in [1.54, 1.807) is 29.2 Å². The van der Waals surface area contributed by atoms with Gasteiger partial charge in [-0.1, -0.05) is 12.7 Å². The lowest BCUT2D eigenvalue weighted by molar-refractivity contribution is -0.174. The zero-order chi connectivity index (χ0) is 21.3. The van der Waals surface area contributed by atoms with Gasteiger partial charge in [0, 0.05) is 44.9 Å². The van der Waals surface area contributed by atoms with Crippen molar-refractivity contribution in [3.8, 4) is 11.5 Å². The summed E-state index contributed by atoms with van der Waals surface area (Å²) < 4.78 is 51.5. The van der Waals surface area contributed by atoms with Crippen molar-refractivity contribution in [3.05, 3.63) is 36.4 Å². The molecule has 6 nitrogen and oxygen atoms in total. The summed E-state index contributed by atoms with van der Waals surface area (Å²) in [5.74, 6) is 0.934. The van der Waals surface area contributed by atoms with Crippen molar-refractivity contribution in [1.29, 1.82) is 0 Å². The molecule has 29 heavy (non-hydrogen) atoms. The third-order valence-corrected chi connectivity index (χ3v) is 4.46. The summed E-state index contributed by atoms with van der Waals surface area (Å²) in [4.78, 5) is 16.6. The summed E-state index contributed by atoms with van der Waals surface area (Å²) in [6.45, 7) is 5.89. The van der Waals surface area contributed by atoms with E-state index in [9.17, 15) is 18.0 Å². The first-order chi connectivity index (χ1) is 13.8. The van der Waals surface area contributed by atoms with Crippen LogP contribution in [-0.2, 0) is 4.74 Å². The maximum atomic E-state index is 12.8. The predicted octanol–water partition coefficient (Wildman–Crippen LogP) is 2.99. The molecule has 0 saturated carbocycles. The molecule has 0 aliphatic carbocycles. The molecule has 0 spiro atoms. The van der Waals surface area contributed by atoms with Gasteiger partial charge in [-0.2, -0.15) is 13.2 Å². The van der Waals surface area contributed by atoms with E-state index in [4.69, 9.17) is 9.47 Å². The molecular weight excluding hydrogens is 389 g/mol. The van der Waals surface area contributed by atoms with Crippen LogP contribution < -0.4 is 9.47 Å². The summed E-state index contributed by atoms with van der Waals surface area (Å²) >= 11 is 0. The molecule has 162 valence electrons. The molecule has 9 heteroatoms. The highest BCUT2D eigenvalue weighted by molar-refractivity contribution is 5.95. The third kappa shape index (κ3) is 7.58.